The third kappa shape index (κ3) is 2.59. The lowest BCUT2D eigenvalue weighted by molar-refractivity contribution is -0.136. The number of nitrogens with one attached hydrogen (secondary N) is 1. The molecule has 0 saturated heterocycles. The monoisotopic (exact) mass is 170 g/mol. The Balaban J connectivity index is 2.29. The van der Waals surface area contributed by atoms with E-state index in [0.29, 0.717) is 0 Å². The molecule has 1 aromatic heterocycles. The molecular weight excluding hydrogens is 162 g/mol. The first-order valence-corrected chi connectivity index (χ1v) is 3.93. The van der Waals surface area contributed by atoms with Crippen molar-refractivity contribution in [1.29, 1.82) is 0 Å². The molecule has 0 saturated carbocycles. The number of thiophene rings is 1. The number of esters is 1. The van der Waals surface area contributed by atoms with Gasteiger partial charge >= 0.3 is 5.97 Å². The summed E-state index contributed by atoms with van der Waals surface area (Å²) in [5.41, 5.74) is 0. The summed E-state index contributed by atoms with van der Waals surface area (Å²) in [4.78, 5) is 10.6. The first-order valence-electron chi connectivity index (χ1n) is 3.05. The standard InChI is InChI=1S/C7H8NO2S/c1-10-7(9)5-8-6-3-2-4-11-6/h2-4,8H,1,5H2. The molecular formula is C7H8NO2S. The van der Waals surface area contributed by atoms with Gasteiger partial charge in [-0.2, -0.15) is 0 Å². The Labute approximate surface area is 69.0 Å². The summed E-state index contributed by atoms with van der Waals surface area (Å²) >= 11 is 1.54. The molecule has 0 fully saturated rings. The van der Waals surface area contributed by atoms with Crippen LogP contribution in [0, 0.1) is 7.11 Å². The van der Waals surface area contributed by atoms with E-state index >= 15 is 0 Å². The lowest BCUT2D eigenvalue weighted by Gasteiger charge is -1.99. The van der Waals surface area contributed by atoms with Crippen molar-refractivity contribution < 1.29 is 9.53 Å². The number of anilines is 1. The summed E-state index contributed by atoms with van der Waals surface area (Å²) < 4.78 is 4.20. The number of hydrogen-bond acceptors (Lipinski definition) is 4. The van der Waals surface area contributed by atoms with E-state index in [2.05, 4.69) is 17.2 Å². The van der Waals surface area contributed by atoms with Crippen LogP contribution in [0.3, 0.4) is 0 Å². The van der Waals surface area contributed by atoms with E-state index in [-0.39, 0.29) is 12.5 Å². The molecule has 1 N–H and O–H groups in total. The predicted molar refractivity (Wildman–Crippen MR) is 44.3 cm³/mol. The number of carbonyl (C=O) groups is 1. The Morgan fingerprint density at radius 1 is 1.82 bits per heavy atom. The van der Waals surface area contributed by atoms with Gasteiger partial charge in [0, 0.05) is 0 Å². The van der Waals surface area contributed by atoms with E-state index in [4.69, 9.17) is 0 Å². The van der Waals surface area contributed by atoms with Crippen molar-refractivity contribution in [3.05, 3.63) is 24.6 Å². The molecule has 1 rings (SSSR count). The van der Waals surface area contributed by atoms with Crippen molar-refractivity contribution in [1.82, 2.24) is 0 Å². The normalized spacial score (nSPS) is 9.18. The summed E-state index contributed by atoms with van der Waals surface area (Å²) in [6.45, 7) is 0.171. The van der Waals surface area contributed by atoms with E-state index < -0.39 is 0 Å². The molecule has 1 aromatic rings. The summed E-state index contributed by atoms with van der Waals surface area (Å²) in [6, 6.07) is 3.80. The molecule has 1 heterocycles. The van der Waals surface area contributed by atoms with Crippen LogP contribution < -0.4 is 5.32 Å². The summed E-state index contributed by atoms with van der Waals surface area (Å²) in [5, 5.41) is 5.76. The number of rotatable bonds is 3. The second kappa shape index (κ2) is 3.98. The zero-order valence-electron chi connectivity index (χ0n) is 5.87. The van der Waals surface area contributed by atoms with E-state index in [9.17, 15) is 4.79 Å². The minimum Gasteiger partial charge on any atom is -0.461 e. The molecule has 0 aliphatic heterocycles. The van der Waals surface area contributed by atoms with Crippen molar-refractivity contribution in [3.8, 4) is 0 Å². The summed E-state index contributed by atoms with van der Waals surface area (Å²) in [5.74, 6) is -0.363. The molecule has 0 unspecified atom stereocenters. The maximum Gasteiger partial charge on any atom is 0.325 e. The van der Waals surface area contributed by atoms with Gasteiger partial charge in [0.05, 0.1) is 5.00 Å². The van der Waals surface area contributed by atoms with Crippen LogP contribution in [-0.2, 0) is 9.53 Å². The molecule has 11 heavy (non-hydrogen) atoms. The van der Waals surface area contributed by atoms with Gasteiger partial charge in [0.15, 0.2) is 0 Å². The Bertz CT molecular complexity index is 220. The van der Waals surface area contributed by atoms with Crippen LogP contribution in [0.15, 0.2) is 17.5 Å². The Morgan fingerprint density at radius 3 is 3.18 bits per heavy atom. The van der Waals surface area contributed by atoms with Gasteiger partial charge < -0.3 is 10.1 Å². The third-order valence-electron chi connectivity index (χ3n) is 1.09. The molecule has 0 bridgehead atoms. The predicted octanol–water partition coefficient (Wildman–Crippen LogP) is 1.49. The highest BCUT2D eigenvalue weighted by molar-refractivity contribution is 7.14. The van der Waals surface area contributed by atoms with Crippen molar-refractivity contribution in [2.24, 2.45) is 0 Å². The molecule has 1 radical (unpaired) electrons. The van der Waals surface area contributed by atoms with Crippen LogP contribution in [0.5, 0.6) is 0 Å². The Hall–Kier alpha value is -1.03. The number of ether oxygens (including phenoxy) is 1. The topological polar surface area (TPSA) is 38.3 Å². The highest BCUT2D eigenvalue weighted by Crippen LogP contribution is 2.13. The van der Waals surface area contributed by atoms with Crippen molar-refractivity contribution in [3.63, 3.8) is 0 Å². The maximum atomic E-state index is 10.6. The molecule has 4 heteroatoms. The minimum absolute atomic E-state index is 0.171. The number of hydrogen-bond donors (Lipinski definition) is 1. The van der Waals surface area contributed by atoms with Crippen LogP contribution in [0.4, 0.5) is 5.00 Å². The minimum atomic E-state index is -0.363. The molecule has 3 nitrogen and oxygen atoms in total. The number of carbonyl (C=O) groups excluding carboxylic acids is 1. The fourth-order valence-corrected chi connectivity index (χ4v) is 1.21. The van der Waals surface area contributed by atoms with Crippen molar-refractivity contribution in [2.75, 3.05) is 11.9 Å². The smallest absolute Gasteiger partial charge is 0.325 e. The van der Waals surface area contributed by atoms with Gasteiger partial charge in [0.2, 0.25) is 0 Å². The van der Waals surface area contributed by atoms with Crippen LogP contribution in [0.25, 0.3) is 0 Å². The lowest BCUT2D eigenvalue weighted by Crippen LogP contribution is -2.13. The zero-order chi connectivity index (χ0) is 8.10. The van der Waals surface area contributed by atoms with Crippen molar-refractivity contribution in [2.45, 2.75) is 0 Å². The van der Waals surface area contributed by atoms with E-state index in [0.717, 1.165) is 5.00 Å². The van der Waals surface area contributed by atoms with Gasteiger partial charge in [-0.3, -0.25) is 4.79 Å². The van der Waals surface area contributed by atoms with Crippen LogP contribution >= 0.6 is 11.3 Å². The molecule has 59 valence electrons. The van der Waals surface area contributed by atoms with Gasteiger partial charge in [0.25, 0.3) is 0 Å². The quantitative estimate of drug-likeness (QED) is 0.698. The Morgan fingerprint density at radius 2 is 2.64 bits per heavy atom. The fourth-order valence-electron chi connectivity index (χ4n) is 0.589. The molecule has 0 atom stereocenters. The fraction of sp³-hybridized carbons (Fsp3) is 0.143. The second-order valence-electron chi connectivity index (χ2n) is 1.85. The van der Waals surface area contributed by atoms with Gasteiger partial charge in [0.1, 0.15) is 13.7 Å². The summed E-state index contributed by atoms with van der Waals surface area (Å²) in [6.07, 6.45) is 0. The van der Waals surface area contributed by atoms with Crippen LogP contribution in [0.2, 0.25) is 0 Å². The van der Waals surface area contributed by atoms with E-state index in [1.807, 2.05) is 17.5 Å². The van der Waals surface area contributed by atoms with Crippen molar-refractivity contribution >= 4 is 22.3 Å². The van der Waals surface area contributed by atoms with E-state index in [1.165, 1.54) is 11.3 Å². The third-order valence-corrected chi connectivity index (χ3v) is 1.92. The molecule has 0 aromatic carbocycles. The first kappa shape index (κ1) is 8.07. The largest absolute Gasteiger partial charge is 0.461 e. The van der Waals surface area contributed by atoms with Crippen LogP contribution in [0.1, 0.15) is 0 Å². The zero-order valence-corrected chi connectivity index (χ0v) is 6.69. The molecule has 0 aliphatic rings. The highest BCUT2D eigenvalue weighted by atomic mass is 32.1. The average molecular weight is 170 g/mol. The van der Waals surface area contributed by atoms with Gasteiger partial charge in [-0.15, -0.1) is 11.3 Å². The summed E-state index contributed by atoms with van der Waals surface area (Å²) in [7, 11) is 3.00. The molecule has 0 amide bonds. The lowest BCUT2D eigenvalue weighted by atomic mass is 10.6. The maximum absolute atomic E-state index is 10.6. The van der Waals surface area contributed by atoms with Gasteiger partial charge in [-0.25, -0.2) is 0 Å². The SMILES string of the molecule is [CH2]OC(=O)CNc1cccs1. The Kier molecular flexibility index (Phi) is 2.92. The first-order chi connectivity index (χ1) is 5.33. The molecule has 0 spiro atoms. The van der Waals surface area contributed by atoms with Gasteiger partial charge in [-0.1, -0.05) is 0 Å². The van der Waals surface area contributed by atoms with Crippen LogP contribution in [-0.4, -0.2) is 12.5 Å². The van der Waals surface area contributed by atoms with E-state index in [1.54, 1.807) is 0 Å². The second-order valence-corrected chi connectivity index (χ2v) is 2.79. The van der Waals surface area contributed by atoms with Gasteiger partial charge in [-0.05, 0) is 17.5 Å². The highest BCUT2D eigenvalue weighted by Gasteiger charge is 1.98. The molecule has 0 aliphatic carbocycles. The average Bonchev–Trinajstić information content (AvgIpc) is 2.52.